The Labute approximate surface area is 295 Å². The molecule has 50 heavy (non-hydrogen) atoms. The number of β-amino-alcohol motifs (C(OH)–C–C–N with tert-alkyl or cyclic N) is 2. The van der Waals surface area contributed by atoms with E-state index >= 15 is 0 Å². The quantitative estimate of drug-likeness (QED) is 0.157. The number of fused-ring (bicyclic) bond motifs is 2. The second-order valence-electron chi connectivity index (χ2n) is 13.7. The minimum Gasteiger partial charge on any atom is -0.392 e. The smallest absolute Gasteiger partial charge is 0.276 e. The first kappa shape index (κ1) is 32.8. The predicted molar refractivity (Wildman–Crippen MR) is 195 cm³/mol. The maximum atomic E-state index is 13.5. The zero-order valence-electron chi connectivity index (χ0n) is 28.0. The molecule has 3 aromatic heterocycles. The number of aliphatic hydroxyl groups excluding tert-OH is 2. The van der Waals surface area contributed by atoms with Gasteiger partial charge in [0.2, 0.25) is 0 Å². The Balaban J connectivity index is 1.01. The maximum absolute atomic E-state index is 13.5. The fourth-order valence-corrected chi connectivity index (χ4v) is 7.98. The Morgan fingerprint density at radius 1 is 0.940 bits per heavy atom. The number of rotatable bonds is 8. The highest BCUT2D eigenvalue weighted by Gasteiger charge is 2.33. The molecule has 0 aliphatic carbocycles. The van der Waals surface area contributed by atoms with Gasteiger partial charge in [-0.1, -0.05) is 35.9 Å². The minimum atomic E-state index is -0.311. The molecule has 2 aromatic carbocycles. The number of halogens is 1. The molecular formula is C38H41ClN8O3. The molecule has 3 aliphatic rings. The van der Waals surface area contributed by atoms with Gasteiger partial charge in [0.1, 0.15) is 5.52 Å². The summed E-state index contributed by atoms with van der Waals surface area (Å²) in [7, 11) is 0. The fraction of sp³-hybridized carbons (Fsp3) is 0.368. The summed E-state index contributed by atoms with van der Waals surface area (Å²) in [5.74, 6) is 0.345. The van der Waals surface area contributed by atoms with Crippen LogP contribution in [-0.4, -0.2) is 84.1 Å². The first-order valence-corrected chi connectivity index (χ1v) is 17.8. The summed E-state index contributed by atoms with van der Waals surface area (Å²) in [5, 5.41) is 32.6. The van der Waals surface area contributed by atoms with Crippen molar-refractivity contribution < 1.29 is 15.0 Å². The summed E-state index contributed by atoms with van der Waals surface area (Å²) in [6.07, 6.45) is 6.67. The zero-order chi connectivity index (χ0) is 34.4. The molecule has 1 unspecified atom stereocenters. The summed E-state index contributed by atoms with van der Waals surface area (Å²) < 4.78 is 1.94. The van der Waals surface area contributed by atoms with Gasteiger partial charge in [0.15, 0.2) is 11.5 Å². The van der Waals surface area contributed by atoms with Crippen molar-refractivity contribution in [2.45, 2.75) is 63.9 Å². The van der Waals surface area contributed by atoms with Crippen molar-refractivity contribution in [2.75, 3.05) is 36.8 Å². The van der Waals surface area contributed by atoms with Crippen LogP contribution in [0.15, 0.2) is 67.0 Å². The number of carbonyl (C=O) groups is 1. The molecule has 4 N–H and O–H groups in total. The van der Waals surface area contributed by atoms with E-state index in [4.69, 9.17) is 16.6 Å². The number of aryl methyl sites for hydroxylation is 1. The lowest BCUT2D eigenvalue weighted by atomic mass is 9.98. The average molecular weight is 693 g/mol. The van der Waals surface area contributed by atoms with E-state index in [1.807, 2.05) is 60.3 Å². The third kappa shape index (κ3) is 6.47. The van der Waals surface area contributed by atoms with Crippen LogP contribution in [-0.2, 0) is 13.1 Å². The number of anilines is 3. The van der Waals surface area contributed by atoms with E-state index in [9.17, 15) is 15.0 Å². The molecule has 2 fully saturated rings. The van der Waals surface area contributed by atoms with E-state index in [1.165, 1.54) is 0 Å². The molecule has 3 atom stereocenters. The van der Waals surface area contributed by atoms with E-state index < -0.39 is 0 Å². The summed E-state index contributed by atoms with van der Waals surface area (Å²) in [4.78, 5) is 27.5. The molecule has 0 radical (unpaired) electrons. The molecular weight excluding hydrogens is 652 g/mol. The topological polar surface area (TPSA) is 132 Å². The van der Waals surface area contributed by atoms with Crippen molar-refractivity contribution in [3.63, 3.8) is 0 Å². The van der Waals surface area contributed by atoms with Crippen LogP contribution in [0, 0.1) is 6.92 Å². The minimum absolute atomic E-state index is 0.152. The second kappa shape index (κ2) is 13.7. The number of hydrogen-bond donors (Lipinski definition) is 4. The molecule has 0 spiro atoms. The van der Waals surface area contributed by atoms with Crippen LogP contribution >= 0.6 is 11.6 Å². The largest absolute Gasteiger partial charge is 0.392 e. The Hall–Kier alpha value is -4.39. The highest BCUT2D eigenvalue weighted by Crippen LogP contribution is 2.39. The number of aliphatic hydroxyl groups is 2. The van der Waals surface area contributed by atoms with E-state index in [2.05, 4.69) is 36.6 Å². The summed E-state index contributed by atoms with van der Waals surface area (Å²) in [6, 6.07) is 17.8. The van der Waals surface area contributed by atoms with Crippen LogP contribution in [0.25, 0.3) is 22.0 Å². The van der Waals surface area contributed by atoms with Crippen molar-refractivity contribution in [1.82, 2.24) is 29.5 Å². The van der Waals surface area contributed by atoms with Gasteiger partial charge in [0.25, 0.3) is 5.91 Å². The lowest BCUT2D eigenvalue weighted by molar-refractivity contribution is 0.102. The van der Waals surface area contributed by atoms with Crippen LogP contribution < -0.4 is 10.6 Å². The lowest BCUT2D eigenvalue weighted by Crippen LogP contribution is -2.32. The SMILES string of the molecule is Cc1c(Nc2nccc3cc(CN4CC[C@@H](O)C4)cnc23)cccc1-c1cccc(NC(=O)c2cc3n(n2)CCCC3N2CC[C@@H](O)C2)c1Cl. The third-order valence-electron chi connectivity index (χ3n) is 10.3. The second-order valence-corrected chi connectivity index (χ2v) is 14.1. The normalized spacial score (nSPS) is 21.1. The number of likely N-dealkylation sites (tertiary alicyclic amines) is 2. The van der Waals surface area contributed by atoms with Gasteiger partial charge in [-0.3, -0.25) is 24.3 Å². The number of nitrogens with one attached hydrogen (secondary N) is 2. The number of hydrogen-bond acceptors (Lipinski definition) is 9. The van der Waals surface area contributed by atoms with Crippen LogP contribution in [0.5, 0.6) is 0 Å². The van der Waals surface area contributed by atoms with Gasteiger partial charge in [0.05, 0.1) is 34.7 Å². The molecule has 0 bridgehead atoms. The summed E-state index contributed by atoms with van der Waals surface area (Å²) >= 11 is 7.01. The van der Waals surface area contributed by atoms with Gasteiger partial charge >= 0.3 is 0 Å². The highest BCUT2D eigenvalue weighted by atomic mass is 35.5. The number of aromatic nitrogens is 4. The van der Waals surface area contributed by atoms with E-state index in [0.29, 0.717) is 35.3 Å². The lowest BCUT2D eigenvalue weighted by Gasteiger charge is -2.31. The van der Waals surface area contributed by atoms with Crippen LogP contribution in [0.1, 0.15) is 59.0 Å². The van der Waals surface area contributed by atoms with Gasteiger partial charge in [-0.2, -0.15) is 5.10 Å². The molecule has 5 aromatic rings. The fourth-order valence-electron chi connectivity index (χ4n) is 7.70. The Morgan fingerprint density at radius 3 is 2.54 bits per heavy atom. The van der Waals surface area contributed by atoms with Crippen LogP contribution in [0.3, 0.4) is 0 Å². The van der Waals surface area contributed by atoms with Gasteiger partial charge in [-0.15, -0.1) is 0 Å². The number of pyridine rings is 2. The van der Waals surface area contributed by atoms with Gasteiger partial charge in [-0.05, 0) is 79.6 Å². The van der Waals surface area contributed by atoms with Crippen molar-refractivity contribution in [1.29, 1.82) is 0 Å². The van der Waals surface area contributed by atoms with E-state index in [1.54, 1.807) is 12.3 Å². The van der Waals surface area contributed by atoms with Crippen molar-refractivity contribution in [3.8, 4) is 11.1 Å². The predicted octanol–water partition coefficient (Wildman–Crippen LogP) is 5.92. The molecule has 6 heterocycles. The Bertz CT molecular complexity index is 2070. The van der Waals surface area contributed by atoms with Crippen molar-refractivity contribution in [2.24, 2.45) is 0 Å². The standard InChI is InChI=1S/C38H41ClN8O3/c1-23-28(5-2-7-30(23)42-37-36-25(10-13-40-37)17-24(19-41-36)20-45-15-11-26(48)21-45)29-6-3-8-31(35(29)39)43-38(50)32-18-34-33(9-4-14-47(34)44-32)46-16-12-27(49)22-46/h2-3,5-8,10,13,17-19,26-27,33,48-49H,4,9,11-12,14-16,20-22H2,1H3,(H,40,42)(H,43,50)/t26-,27-,33?/m1/s1. The Morgan fingerprint density at radius 2 is 1.74 bits per heavy atom. The monoisotopic (exact) mass is 692 g/mol. The number of amides is 1. The third-order valence-corrected chi connectivity index (χ3v) is 10.7. The first-order valence-electron chi connectivity index (χ1n) is 17.4. The zero-order valence-corrected chi connectivity index (χ0v) is 28.8. The van der Waals surface area contributed by atoms with E-state index in [0.717, 1.165) is 96.4 Å². The molecule has 2 saturated heterocycles. The number of carbonyl (C=O) groups excluding carboxylic acids is 1. The van der Waals surface area contributed by atoms with Crippen LogP contribution in [0.4, 0.5) is 17.2 Å². The summed E-state index contributed by atoms with van der Waals surface area (Å²) in [6.45, 7) is 6.63. The van der Waals surface area contributed by atoms with Gasteiger partial charge < -0.3 is 20.8 Å². The number of nitrogens with zero attached hydrogens (tertiary/aromatic N) is 6. The molecule has 8 rings (SSSR count). The maximum Gasteiger partial charge on any atom is 0.276 e. The molecule has 3 aliphatic heterocycles. The molecule has 1 amide bonds. The highest BCUT2D eigenvalue weighted by molar-refractivity contribution is 6.36. The molecule has 11 nitrogen and oxygen atoms in total. The van der Waals surface area contributed by atoms with Crippen LogP contribution in [0.2, 0.25) is 5.02 Å². The Kier molecular flexibility index (Phi) is 9.00. The molecule has 12 heteroatoms. The number of benzene rings is 2. The van der Waals surface area contributed by atoms with Crippen molar-refractivity contribution >= 4 is 45.6 Å². The van der Waals surface area contributed by atoms with Gasteiger partial charge in [-0.25, -0.2) is 4.98 Å². The van der Waals surface area contributed by atoms with E-state index in [-0.39, 0.29) is 24.2 Å². The molecule has 258 valence electrons. The van der Waals surface area contributed by atoms with Gasteiger partial charge in [0, 0.05) is 68.3 Å². The molecule has 0 saturated carbocycles. The van der Waals surface area contributed by atoms with Crippen molar-refractivity contribution in [3.05, 3.63) is 94.5 Å². The first-order chi connectivity index (χ1) is 24.3. The summed E-state index contributed by atoms with van der Waals surface area (Å²) in [5.41, 5.74) is 7.32. The average Bonchev–Trinajstić information content (AvgIpc) is 3.86.